The molecule has 4 aromatic rings. The van der Waals surface area contributed by atoms with Crippen LogP contribution in [0.1, 0.15) is 5.56 Å². The number of aromatic nitrogens is 2. The van der Waals surface area contributed by atoms with Gasteiger partial charge in [-0.3, -0.25) is 4.90 Å². The predicted octanol–water partition coefficient (Wildman–Crippen LogP) is 5.22. The van der Waals surface area contributed by atoms with Crippen molar-refractivity contribution in [2.75, 3.05) is 33.3 Å². The van der Waals surface area contributed by atoms with Gasteiger partial charge in [0.2, 0.25) is 5.88 Å². The highest BCUT2D eigenvalue weighted by Gasteiger charge is 2.15. The lowest BCUT2D eigenvalue weighted by atomic mass is 10.2. The molecule has 1 heterocycles. The van der Waals surface area contributed by atoms with E-state index in [4.69, 9.17) is 23.7 Å². The number of hydrogen-bond acceptors (Lipinski definition) is 8. The van der Waals surface area contributed by atoms with Crippen LogP contribution in [-0.2, 0) is 11.3 Å². The fourth-order valence-corrected chi connectivity index (χ4v) is 3.45. The Hall–Kier alpha value is -4.53. The number of para-hydroxylation sites is 1. The highest BCUT2D eigenvalue weighted by molar-refractivity contribution is 5.88. The van der Waals surface area contributed by atoms with Gasteiger partial charge in [-0.05, 0) is 36.4 Å². The lowest BCUT2D eigenvalue weighted by Gasteiger charge is -2.18. The molecule has 180 valence electrons. The Kier molecular flexibility index (Phi) is 7.15. The third-order valence-electron chi connectivity index (χ3n) is 5.36. The number of amides is 1. The van der Waals surface area contributed by atoms with Gasteiger partial charge in [0.15, 0.2) is 11.5 Å². The summed E-state index contributed by atoms with van der Waals surface area (Å²) < 4.78 is 27.4. The fraction of sp³-hybridized carbons (Fsp3) is 0.192. The molecule has 0 saturated carbocycles. The van der Waals surface area contributed by atoms with Crippen molar-refractivity contribution in [3.8, 4) is 28.9 Å². The Morgan fingerprint density at radius 2 is 1.54 bits per heavy atom. The number of carbonyl (C=O) groups is 1. The number of benzene rings is 3. The minimum absolute atomic E-state index is 0.101. The Balaban J connectivity index is 1.46. The average Bonchev–Trinajstić information content (AvgIpc) is 2.91. The summed E-state index contributed by atoms with van der Waals surface area (Å²) >= 11 is 0. The van der Waals surface area contributed by atoms with Crippen LogP contribution in [0.25, 0.3) is 10.9 Å². The van der Waals surface area contributed by atoms with Crippen molar-refractivity contribution in [2.45, 2.75) is 6.61 Å². The molecule has 9 nitrogen and oxygen atoms in total. The zero-order valence-electron chi connectivity index (χ0n) is 19.8. The summed E-state index contributed by atoms with van der Waals surface area (Å²) in [5.41, 5.74) is 2.08. The Morgan fingerprint density at radius 3 is 2.26 bits per heavy atom. The summed E-state index contributed by atoms with van der Waals surface area (Å²) in [6.45, 7) is 0.101. The minimum Gasteiger partial charge on any atom is -0.496 e. The number of anilines is 1. The molecule has 3 aromatic carbocycles. The maximum absolute atomic E-state index is 12.5. The van der Waals surface area contributed by atoms with Crippen LogP contribution in [0.2, 0.25) is 0 Å². The molecule has 0 spiro atoms. The number of carbonyl (C=O) groups excluding carboxylic acids is 1. The van der Waals surface area contributed by atoms with Crippen molar-refractivity contribution in [1.82, 2.24) is 9.97 Å². The van der Waals surface area contributed by atoms with E-state index in [1.54, 1.807) is 64.8 Å². The molecule has 9 heteroatoms. The SMILES string of the molecule is COc1ccccc1COC(=O)N(C)c1ccc(Oc2ncnc3cc(OC)c(OC)cc23)cc1. The van der Waals surface area contributed by atoms with Crippen LogP contribution in [0.5, 0.6) is 28.9 Å². The molecule has 35 heavy (non-hydrogen) atoms. The van der Waals surface area contributed by atoms with E-state index < -0.39 is 6.09 Å². The fourth-order valence-electron chi connectivity index (χ4n) is 3.45. The predicted molar refractivity (Wildman–Crippen MR) is 131 cm³/mol. The quantitative estimate of drug-likeness (QED) is 0.342. The summed E-state index contributed by atoms with van der Waals surface area (Å²) in [4.78, 5) is 22.5. The molecule has 0 unspecified atom stereocenters. The summed E-state index contributed by atoms with van der Waals surface area (Å²) in [5.74, 6) is 2.68. The van der Waals surface area contributed by atoms with Crippen molar-refractivity contribution in [2.24, 2.45) is 0 Å². The van der Waals surface area contributed by atoms with Crippen LogP contribution in [0.15, 0.2) is 67.0 Å². The molecule has 4 rings (SSSR count). The van der Waals surface area contributed by atoms with E-state index >= 15 is 0 Å². The van der Waals surface area contributed by atoms with E-state index in [9.17, 15) is 4.79 Å². The Labute approximate surface area is 202 Å². The van der Waals surface area contributed by atoms with E-state index in [0.29, 0.717) is 45.5 Å². The van der Waals surface area contributed by atoms with Crippen LogP contribution in [0, 0.1) is 0 Å². The molecule has 0 aliphatic carbocycles. The molecular weight excluding hydrogens is 450 g/mol. The lowest BCUT2D eigenvalue weighted by Crippen LogP contribution is -2.26. The molecule has 0 N–H and O–H groups in total. The van der Waals surface area contributed by atoms with Crippen molar-refractivity contribution < 1.29 is 28.5 Å². The number of fused-ring (bicyclic) bond motifs is 1. The smallest absolute Gasteiger partial charge is 0.414 e. The van der Waals surface area contributed by atoms with Gasteiger partial charge in [-0.15, -0.1) is 0 Å². The van der Waals surface area contributed by atoms with Gasteiger partial charge in [0.1, 0.15) is 24.4 Å². The second kappa shape index (κ2) is 10.6. The zero-order chi connectivity index (χ0) is 24.8. The van der Waals surface area contributed by atoms with Gasteiger partial charge in [-0.2, -0.15) is 0 Å². The number of rotatable bonds is 8. The molecule has 0 bridgehead atoms. The third kappa shape index (κ3) is 5.19. The Morgan fingerprint density at radius 1 is 0.857 bits per heavy atom. The molecule has 1 amide bonds. The topological polar surface area (TPSA) is 92.2 Å². The summed E-state index contributed by atoms with van der Waals surface area (Å²) in [7, 11) is 6.34. The monoisotopic (exact) mass is 475 g/mol. The molecule has 0 fully saturated rings. The van der Waals surface area contributed by atoms with Crippen LogP contribution >= 0.6 is 0 Å². The number of hydrogen-bond donors (Lipinski definition) is 0. The first-order valence-corrected chi connectivity index (χ1v) is 10.7. The Bertz CT molecular complexity index is 1330. The average molecular weight is 476 g/mol. The highest BCUT2D eigenvalue weighted by Crippen LogP contribution is 2.36. The number of methoxy groups -OCH3 is 3. The summed E-state index contributed by atoms with van der Waals surface area (Å²) in [5, 5.41) is 0.672. The molecule has 0 radical (unpaired) electrons. The van der Waals surface area contributed by atoms with E-state index in [2.05, 4.69) is 9.97 Å². The van der Waals surface area contributed by atoms with Gasteiger partial charge < -0.3 is 23.7 Å². The van der Waals surface area contributed by atoms with Gasteiger partial charge in [0.25, 0.3) is 0 Å². The maximum atomic E-state index is 12.5. The molecule has 0 aliphatic rings. The van der Waals surface area contributed by atoms with Crippen molar-refractivity contribution in [3.63, 3.8) is 0 Å². The first kappa shape index (κ1) is 23.6. The van der Waals surface area contributed by atoms with Gasteiger partial charge in [-0.1, -0.05) is 18.2 Å². The third-order valence-corrected chi connectivity index (χ3v) is 5.36. The van der Waals surface area contributed by atoms with E-state index in [1.807, 2.05) is 24.3 Å². The second-order valence-corrected chi connectivity index (χ2v) is 7.42. The molecular formula is C26H25N3O6. The van der Waals surface area contributed by atoms with E-state index in [0.717, 1.165) is 5.56 Å². The maximum Gasteiger partial charge on any atom is 0.414 e. The van der Waals surface area contributed by atoms with Crippen molar-refractivity contribution in [1.29, 1.82) is 0 Å². The van der Waals surface area contributed by atoms with Crippen LogP contribution in [-0.4, -0.2) is 44.4 Å². The van der Waals surface area contributed by atoms with Gasteiger partial charge in [0.05, 0.1) is 32.2 Å². The first-order chi connectivity index (χ1) is 17.0. The largest absolute Gasteiger partial charge is 0.496 e. The minimum atomic E-state index is -0.493. The van der Waals surface area contributed by atoms with E-state index in [1.165, 1.54) is 11.2 Å². The van der Waals surface area contributed by atoms with Gasteiger partial charge in [-0.25, -0.2) is 14.8 Å². The molecule has 0 atom stereocenters. The van der Waals surface area contributed by atoms with Crippen LogP contribution < -0.4 is 23.8 Å². The standard InChI is InChI=1S/C26H25N3O6/c1-29(26(30)34-15-17-7-5-6-8-22(17)31-2)18-9-11-19(12-10-18)35-25-20-13-23(32-3)24(33-4)14-21(20)27-16-28-25/h5-14,16H,15H2,1-4H3. The number of ether oxygens (including phenoxy) is 5. The lowest BCUT2D eigenvalue weighted by molar-refractivity contribution is 0.147. The van der Waals surface area contributed by atoms with Crippen LogP contribution in [0.4, 0.5) is 10.5 Å². The molecule has 0 saturated heterocycles. The zero-order valence-corrected chi connectivity index (χ0v) is 19.8. The second-order valence-electron chi connectivity index (χ2n) is 7.42. The van der Waals surface area contributed by atoms with E-state index in [-0.39, 0.29) is 6.61 Å². The summed E-state index contributed by atoms with van der Waals surface area (Å²) in [6, 6.07) is 17.9. The van der Waals surface area contributed by atoms with Gasteiger partial charge in [0, 0.05) is 24.4 Å². The normalized spacial score (nSPS) is 10.5. The molecule has 1 aromatic heterocycles. The van der Waals surface area contributed by atoms with Crippen molar-refractivity contribution >= 4 is 22.7 Å². The first-order valence-electron chi connectivity index (χ1n) is 10.7. The van der Waals surface area contributed by atoms with Crippen molar-refractivity contribution in [3.05, 3.63) is 72.6 Å². The van der Waals surface area contributed by atoms with Gasteiger partial charge >= 0.3 is 6.09 Å². The molecule has 0 aliphatic heterocycles. The summed E-state index contributed by atoms with van der Waals surface area (Å²) in [6.07, 6.45) is 0.927. The highest BCUT2D eigenvalue weighted by atomic mass is 16.6. The number of nitrogens with zero attached hydrogens (tertiary/aromatic N) is 3. The van der Waals surface area contributed by atoms with Crippen LogP contribution in [0.3, 0.4) is 0 Å².